The number of amides is 2. The van der Waals surface area contributed by atoms with Crippen LogP contribution in [0.5, 0.6) is 17.6 Å². The number of carbonyl (C=O) groups excluding carboxylic acids is 2. The molecule has 3 N–H and O–H groups in total. The third-order valence-corrected chi connectivity index (χ3v) is 6.11. The Labute approximate surface area is 451 Å². The molecule has 4 aromatic heterocycles. The molecule has 5 rings (SSSR count). The van der Waals surface area contributed by atoms with Crippen LogP contribution in [-0.2, 0) is 147 Å². The van der Waals surface area contributed by atoms with E-state index in [0.29, 0.717) is 18.1 Å². The molecule has 2 amide bonds. The van der Waals surface area contributed by atoms with E-state index in [9.17, 15) is 39.9 Å². The van der Waals surface area contributed by atoms with Gasteiger partial charge in [-0.1, -0.05) is 34.5 Å². The largest absolute Gasteiger partial charge is 0.693 e. The number of aromatic nitrogens is 4. The molecule has 0 saturated carbocycles. The van der Waals surface area contributed by atoms with Crippen LogP contribution >= 0.6 is 23.8 Å². The molecule has 0 aromatic carbocycles. The third-order valence-electron chi connectivity index (χ3n) is 5.81. The van der Waals surface area contributed by atoms with Crippen LogP contribution in [0.1, 0.15) is 19.4 Å². The summed E-state index contributed by atoms with van der Waals surface area (Å²) in [6, 6.07) is 5.24. The molecule has 308 valence electrons. The molecule has 24 nitrogen and oxygen atoms in total. The summed E-state index contributed by atoms with van der Waals surface area (Å²) in [6.45, 7) is 2.73. The van der Waals surface area contributed by atoms with Crippen molar-refractivity contribution in [3.8, 4) is 17.6 Å². The molecule has 1 aliphatic rings. The Balaban J connectivity index is -0.000000328. The average molecular weight is 1170 g/mol. The number of ether oxygens (including phenoxy) is 3. The summed E-state index contributed by atoms with van der Waals surface area (Å²) in [4.78, 5) is 70.7. The molecular weight excluding hydrogens is 1140 g/mol. The van der Waals surface area contributed by atoms with Gasteiger partial charge in [0.2, 0.25) is 17.6 Å². The SMILES string of the molecule is CC(=O)N=C=S.COc1cc([NH-])c([N+](=O)[O-])cn1.COc1cc([NH-])c([N+](=O)[O-])cn1.COc1cc2c(cn1)CC(=NC(C)=O)[N-]2.[NH-]c1cc(Cl)ncc1[N+](=O)[O-].[Y].[Y].[Y].[Y]. The third kappa shape index (κ3) is 23.8. The van der Waals surface area contributed by atoms with Crippen molar-refractivity contribution in [2.24, 2.45) is 9.98 Å². The summed E-state index contributed by atoms with van der Waals surface area (Å²) in [5.74, 6) is 0.914. The molecular formula is C30H28ClN13O11SY4-4. The number of nitrogens with zero attached hydrogens (tertiary/aromatic N) is 10. The Kier molecular flexibility index (Phi) is 35.5. The fourth-order valence-electron chi connectivity index (χ4n) is 3.41. The number of rotatable bonds is 6. The number of halogens is 1. The predicted molar refractivity (Wildman–Crippen MR) is 204 cm³/mol. The first-order valence-electron chi connectivity index (χ1n) is 14.6. The Morgan fingerprint density at radius 1 is 0.717 bits per heavy atom. The van der Waals surface area contributed by atoms with Crippen LogP contribution in [0.3, 0.4) is 0 Å². The van der Waals surface area contributed by atoms with Crippen LogP contribution in [0.4, 0.5) is 39.8 Å². The summed E-state index contributed by atoms with van der Waals surface area (Å²) in [5, 5.41) is 36.8. The Bertz CT molecular complexity index is 2110. The molecule has 0 aliphatic carbocycles. The number of isothiocyanates is 1. The molecule has 0 spiro atoms. The van der Waals surface area contributed by atoms with Crippen LogP contribution in [0, 0.1) is 30.3 Å². The molecule has 4 radical (unpaired) electrons. The second-order valence-corrected chi connectivity index (χ2v) is 10.3. The van der Waals surface area contributed by atoms with Gasteiger partial charge in [-0.3, -0.25) is 39.9 Å². The number of hydrogen-bond acceptors (Lipinski definition) is 16. The number of nitro groups is 3. The molecule has 30 heteroatoms. The molecule has 0 saturated heterocycles. The van der Waals surface area contributed by atoms with E-state index in [2.05, 4.69) is 56.9 Å². The van der Waals surface area contributed by atoms with E-state index >= 15 is 0 Å². The molecule has 0 fully saturated rings. The quantitative estimate of drug-likeness (QED) is 0.0581. The van der Waals surface area contributed by atoms with Crippen LogP contribution < -0.4 is 14.2 Å². The second-order valence-electron chi connectivity index (χ2n) is 9.70. The van der Waals surface area contributed by atoms with Crippen LogP contribution in [0.2, 0.25) is 5.15 Å². The van der Waals surface area contributed by atoms with Crippen molar-refractivity contribution >= 4 is 86.4 Å². The normalized spacial score (nSPS) is 10.1. The zero-order chi connectivity index (χ0) is 42.5. The number of nitrogens with one attached hydrogen (secondary N) is 3. The van der Waals surface area contributed by atoms with Crippen LogP contribution in [-0.4, -0.2) is 78.8 Å². The van der Waals surface area contributed by atoms with E-state index in [1.54, 1.807) is 19.4 Å². The Hall–Kier alpha value is -3.08. The van der Waals surface area contributed by atoms with E-state index in [1.165, 1.54) is 40.2 Å². The summed E-state index contributed by atoms with van der Waals surface area (Å²) < 4.78 is 14.3. The van der Waals surface area contributed by atoms with Gasteiger partial charge in [0.05, 0.1) is 41.3 Å². The summed E-state index contributed by atoms with van der Waals surface area (Å²) >= 11 is 9.46. The molecule has 0 unspecified atom stereocenters. The number of hydrogen-bond donors (Lipinski definition) is 0. The molecule has 0 bridgehead atoms. The van der Waals surface area contributed by atoms with Crippen molar-refractivity contribution in [2.75, 3.05) is 21.3 Å². The van der Waals surface area contributed by atoms with Crippen molar-refractivity contribution in [1.82, 2.24) is 19.9 Å². The van der Waals surface area contributed by atoms with Crippen molar-refractivity contribution in [3.05, 3.63) is 113 Å². The first-order valence-corrected chi connectivity index (χ1v) is 15.4. The fourth-order valence-corrected chi connectivity index (χ4v) is 3.69. The smallest absolute Gasteiger partial charge is 0.272 e. The van der Waals surface area contributed by atoms with E-state index in [1.807, 2.05) is 5.16 Å². The maximum atomic E-state index is 10.8. The Morgan fingerprint density at radius 2 is 1.10 bits per heavy atom. The number of fused-ring (bicyclic) bond motifs is 1. The van der Waals surface area contributed by atoms with Crippen molar-refractivity contribution in [2.45, 2.75) is 20.3 Å². The first kappa shape index (κ1) is 63.6. The number of aliphatic imine (C=N–C) groups is 2. The van der Waals surface area contributed by atoms with Gasteiger partial charge in [0.25, 0.3) is 23.0 Å². The molecule has 1 aliphatic heterocycles. The van der Waals surface area contributed by atoms with Gasteiger partial charge in [0.15, 0.2) is 0 Å². The van der Waals surface area contributed by atoms with E-state index in [0.717, 1.165) is 35.9 Å². The molecule has 4 aromatic rings. The fraction of sp³-hybridized carbons (Fsp3) is 0.200. The van der Waals surface area contributed by atoms with Gasteiger partial charge in [-0.2, -0.15) is 4.99 Å². The minimum absolute atomic E-state index is 0. The number of carbonyl (C=O) groups is 2. The van der Waals surface area contributed by atoms with E-state index in [-0.39, 0.29) is 194 Å². The second kappa shape index (κ2) is 33.5. The van der Waals surface area contributed by atoms with Gasteiger partial charge in [0, 0.05) is 150 Å². The summed E-state index contributed by atoms with van der Waals surface area (Å²) in [7, 11) is 4.31. The van der Waals surface area contributed by atoms with Gasteiger partial charge in [-0.25, -0.2) is 19.9 Å². The topological polar surface area (TPSA) is 353 Å². The van der Waals surface area contributed by atoms with E-state index in [4.69, 9.17) is 33.5 Å². The van der Waals surface area contributed by atoms with Gasteiger partial charge in [0.1, 0.15) is 29.7 Å². The minimum atomic E-state index is -0.675. The number of pyridine rings is 4. The summed E-state index contributed by atoms with van der Waals surface area (Å²) in [5.41, 5.74) is 21.6. The van der Waals surface area contributed by atoms with Gasteiger partial charge < -0.3 is 41.7 Å². The van der Waals surface area contributed by atoms with Crippen molar-refractivity contribution in [3.63, 3.8) is 0 Å². The average Bonchev–Trinajstić information content (AvgIpc) is 3.52. The number of thiocarbonyl (C=S) groups is 1. The molecule has 60 heavy (non-hydrogen) atoms. The monoisotopic (exact) mass is 1170 g/mol. The molecule has 5 heterocycles. The first-order chi connectivity index (χ1) is 26.4. The maximum Gasteiger partial charge on any atom is 0.272 e. The maximum absolute atomic E-state index is 10.8. The van der Waals surface area contributed by atoms with Crippen molar-refractivity contribution < 1.29 is 169 Å². The summed E-state index contributed by atoms with van der Waals surface area (Å²) in [6.07, 6.45) is 5.22. The molecule has 0 atom stereocenters. The standard InChI is InChI=1S/C10H11N3O2.2C6H6N3O3.C5H3ClN3O2.C3H3NOS.4Y/c1-6(14)12-9-3-7-5-11-10(15-2)4-8(7)13-9;2*1-12-6-2-4(7)5(3-8-6)9(10)11;6-5-1-3(7)4(2-8-5)9(10)11;1-3(5)4-2-6;;;;/h4-5H,3H2,1-2H3,(H,11,12,13,14);2*2-3H,1H3,(H-,7,8);1-2H,(H-,7,8);1H3;;;;/q;3*-1;;;;;/p-1. The predicted octanol–water partition coefficient (Wildman–Crippen LogP) is 7.91. The van der Waals surface area contributed by atoms with Gasteiger partial charge in [-0.05, 0) is 55.0 Å². The van der Waals surface area contributed by atoms with Crippen LogP contribution in [0.15, 0.2) is 59.0 Å². The van der Waals surface area contributed by atoms with E-state index < -0.39 is 14.8 Å². The zero-order valence-electron chi connectivity index (χ0n) is 31.9. The number of methoxy groups -OCH3 is 3. The Morgan fingerprint density at radius 3 is 1.42 bits per heavy atom. The minimum Gasteiger partial charge on any atom is -0.693 e. The van der Waals surface area contributed by atoms with Gasteiger partial charge in [-0.15, -0.1) is 0 Å². The zero-order valence-corrected chi connectivity index (χ0v) is 44.8. The van der Waals surface area contributed by atoms with Gasteiger partial charge >= 0.3 is 0 Å². The van der Waals surface area contributed by atoms with Crippen LogP contribution in [0.25, 0.3) is 22.5 Å². The van der Waals surface area contributed by atoms with Crippen molar-refractivity contribution in [1.29, 1.82) is 0 Å². The number of amidine groups is 1.